The number of carbonyl (C=O) groups is 1. The van der Waals surface area contributed by atoms with Crippen molar-refractivity contribution in [2.24, 2.45) is 0 Å². The maximum atomic E-state index is 13.3. The summed E-state index contributed by atoms with van der Waals surface area (Å²) in [5, 5.41) is 2.32. The van der Waals surface area contributed by atoms with Crippen molar-refractivity contribution in [1.29, 1.82) is 0 Å². The Bertz CT molecular complexity index is 999. The molecule has 1 N–H and O–H groups in total. The first-order chi connectivity index (χ1) is 13.3. The van der Waals surface area contributed by atoms with Crippen molar-refractivity contribution >= 4 is 34.8 Å². The second-order valence-electron chi connectivity index (χ2n) is 5.98. The topological polar surface area (TPSA) is 29.1 Å². The van der Waals surface area contributed by atoms with Crippen molar-refractivity contribution in [1.82, 2.24) is 0 Å². The Labute approximate surface area is 165 Å². The SMILES string of the molecule is O=C(Nc1ccc(Cl)cc1C(F)(F)F)/C(=C/c1ccccc1)c1ccccc1. The summed E-state index contributed by atoms with van der Waals surface area (Å²) in [7, 11) is 0. The molecule has 0 aromatic heterocycles. The highest BCUT2D eigenvalue weighted by molar-refractivity contribution is 6.31. The largest absolute Gasteiger partial charge is 0.418 e. The number of halogens is 4. The van der Waals surface area contributed by atoms with Crippen LogP contribution < -0.4 is 5.32 Å². The summed E-state index contributed by atoms with van der Waals surface area (Å²) in [5.41, 5.74) is 0.238. The fraction of sp³-hybridized carbons (Fsp3) is 0.0455. The summed E-state index contributed by atoms with van der Waals surface area (Å²) in [6.45, 7) is 0. The van der Waals surface area contributed by atoms with E-state index in [9.17, 15) is 18.0 Å². The summed E-state index contributed by atoms with van der Waals surface area (Å²) in [5.74, 6) is -0.650. The Morgan fingerprint density at radius 3 is 2.11 bits per heavy atom. The number of amides is 1. The quantitative estimate of drug-likeness (QED) is 0.390. The third kappa shape index (κ3) is 4.81. The molecule has 0 fully saturated rings. The highest BCUT2D eigenvalue weighted by Crippen LogP contribution is 2.37. The number of anilines is 1. The molecular formula is C22H15ClF3NO. The van der Waals surface area contributed by atoms with E-state index >= 15 is 0 Å². The molecule has 0 aliphatic heterocycles. The van der Waals surface area contributed by atoms with Crippen molar-refractivity contribution in [3.05, 3.63) is 101 Å². The zero-order valence-electron chi connectivity index (χ0n) is 14.5. The van der Waals surface area contributed by atoms with Gasteiger partial charge >= 0.3 is 6.18 Å². The van der Waals surface area contributed by atoms with E-state index in [1.807, 2.05) is 18.2 Å². The van der Waals surface area contributed by atoms with Crippen LogP contribution in [0.15, 0.2) is 78.9 Å². The standard InChI is InChI=1S/C22H15ClF3NO/c23-17-11-12-20(19(14-17)22(24,25)26)27-21(28)18(16-9-5-2-6-10-16)13-15-7-3-1-4-8-15/h1-14H,(H,27,28)/b18-13+. The van der Waals surface area contributed by atoms with E-state index in [2.05, 4.69) is 5.32 Å². The lowest BCUT2D eigenvalue weighted by Crippen LogP contribution is -2.17. The zero-order valence-corrected chi connectivity index (χ0v) is 15.3. The molecule has 0 spiro atoms. The van der Waals surface area contributed by atoms with Gasteiger partial charge in [0, 0.05) is 10.6 Å². The van der Waals surface area contributed by atoms with Gasteiger partial charge in [0.05, 0.1) is 11.3 Å². The molecule has 28 heavy (non-hydrogen) atoms. The van der Waals surface area contributed by atoms with Crippen LogP contribution >= 0.6 is 11.6 Å². The maximum absolute atomic E-state index is 13.3. The minimum atomic E-state index is -4.65. The normalized spacial score (nSPS) is 11.9. The third-order valence-corrected chi connectivity index (χ3v) is 4.21. The summed E-state index contributed by atoms with van der Waals surface area (Å²) in [4.78, 5) is 12.9. The minimum Gasteiger partial charge on any atom is -0.321 e. The van der Waals surface area contributed by atoms with Gasteiger partial charge in [-0.15, -0.1) is 0 Å². The first-order valence-corrected chi connectivity index (χ1v) is 8.72. The lowest BCUT2D eigenvalue weighted by Gasteiger charge is -2.15. The first-order valence-electron chi connectivity index (χ1n) is 8.35. The summed E-state index contributed by atoms with van der Waals surface area (Å²) >= 11 is 5.70. The number of benzene rings is 3. The molecule has 0 saturated carbocycles. The van der Waals surface area contributed by atoms with E-state index in [-0.39, 0.29) is 16.3 Å². The smallest absolute Gasteiger partial charge is 0.321 e. The molecule has 0 heterocycles. The van der Waals surface area contributed by atoms with Crippen LogP contribution in [0.3, 0.4) is 0 Å². The van der Waals surface area contributed by atoms with Crippen LogP contribution in [0.2, 0.25) is 5.02 Å². The van der Waals surface area contributed by atoms with Gasteiger partial charge < -0.3 is 5.32 Å². The molecule has 142 valence electrons. The van der Waals surface area contributed by atoms with E-state index < -0.39 is 17.6 Å². The van der Waals surface area contributed by atoms with Gasteiger partial charge in [-0.3, -0.25) is 4.79 Å². The maximum Gasteiger partial charge on any atom is 0.418 e. The molecule has 0 atom stereocenters. The van der Waals surface area contributed by atoms with Gasteiger partial charge in [-0.05, 0) is 35.4 Å². The summed E-state index contributed by atoms with van der Waals surface area (Å²) < 4.78 is 40.0. The summed E-state index contributed by atoms with van der Waals surface area (Å²) in [6.07, 6.45) is -3.02. The van der Waals surface area contributed by atoms with E-state index in [4.69, 9.17) is 11.6 Å². The molecule has 3 aromatic carbocycles. The predicted molar refractivity (Wildman–Crippen MR) is 106 cm³/mol. The Balaban J connectivity index is 2.01. The number of carbonyl (C=O) groups excluding carboxylic acids is 1. The zero-order chi connectivity index (χ0) is 20.1. The Morgan fingerprint density at radius 1 is 0.893 bits per heavy atom. The van der Waals surface area contributed by atoms with Crippen LogP contribution in [0.4, 0.5) is 18.9 Å². The lowest BCUT2D eigenvalue weighted by molar-refractivity contribution is -0.136. The van der Waals surface area contributed by atoms with E-state index in [1.165, 1.54) is 6.07 Å². The average Bonchev–Trinajstić information content (AvgIpc) is 2.68. The third-order valence-electron chi connectivity index (χ3n) is 3.98. The van der Waals surface area contributed by atoms with E-state index in [0.717, 1.165) is 17.7 Å². The van der Waals surface area contributed by atoms with Gasteiger partial charge in [-0.1, -0.05) is 72.3 Å². The Morgan fingerprint density at radius 2 is 1.50 bits per heavy atom. The number of nitrogens with one attached hydrogen (secondary N) is 1. The average molecular weight is 402 g/mol. The predicted octanol–water partition coefficient (Wildman–Crippen LogP) is 6.54. The van der Waals surface area contributed by atoms with Crippen molar-refractivity contribution in [3.63, 3.8) is 0 Å². The fourth-order valence-corrected chi connectivity index (χ4v) is 2.84. The molecule has 0 aliphatic carbocycles. The van der Waals surface area contributed by atoms with Crippen molar-refractivity contribution in [3.8, 4) is 0 Å². The lowest BCUT2D eigenvalue weighted by atomic mass is 10.0. The van der Waals surface area contributed by atoms with E-state index in [0.29, 0.717) is 5.56 Å². The Hall–Kier alpha value is -3.05. The fourth-order valence-electron chi connectivity index (χ4n) is 2.66. The molecule has 0 saturated heterocycles. The van der Waals surface area contributed by atoms with E-state index in [1.54, 1.807) is 48.5 Å². The number of hydrogen-bond acceptors (Lipinski definition) is 1. The minimum absolute atomic E-state index is 0.0616. The molecule has 0 bridgehead atoms. The highest BCUT2D eigenvalue weighted by atomic mass is 35.5. The molecule has 3 rings (SSSR count). The molecular weight excluding hydrogens is 387 g/mol. The van der Waals surface area contributed by atoms with Crippen molar-refractivity contribution < 1.29 is 18.0 Å². The first kappa shape index (κ1) is 19.7. The van der Waals surface area contributed by atoms with Gasteiger partial charge in [0.2, 0.25) is 0 Å². The molecule has 6 heteroatoms. The molecule has 0 aliphatic rings. The second kappa shape index (κ2) is 8.31. The molecule has 2 nitrogen and oxygen atoms in total. The number of alkyl halides is 3. The number of hydrogen-bond donors (Lipinski definition) is 1. The van der Waals surface area contributed by atoms with Crippen molar-refractivity contribution in [2.75, 3.05) is 5.32 Å². The van der Waals surface area contributed by atoms with Crippen LogP contribution in [-0.4, -0.2) is 5.91 Å². The van der Waals surface area contributed by atoms with Crippen LogP contribution in [0.1, 0.15) is 16.7 Å². The van der Waals surface area contributed by atoms with Gasteiger partial charge in [0.15, 0.2) is 0 Å². The van der Waals surface area contributed by atoms with Crippen LogP contribution in [0, 0.1) is 0 Å². The van der Waals surface area contributed by atoms with Crippen LogP contribution in [0.5, 0.6) is 0 Å². The Kier molecular flexibility index (Phi) is 5.85. The van der Waals surface area contributed by atoms with Crippen molar-refractivity contribution in [2.45, 2.75) is 6.18 Å². The molecule has 1 amide bonds. The van der Waals surface area contributed by atoms with Gasteiger partial charge in [0.1, 0.15) is 0 Å². The van der Waals surface area contributed by atoms with Gasteiger partial charge in [-0.25, -0.2) is 0 Å². The highest BCUT2D eigenvalue weighted by Gasteiger charge is 2.34. The molecule has 0 unspecified atom stereocenters. The molecule has 3 aromatic rings. The number of rotatable bonds is 4. The van der Waals surface area contributed by atoms with Gasteiger partial charge in [0.25, 0.3) is 5.91 Å². The van der Waals surface area contributed by atoms with Gasteiger partial charge in [-0.2, -0.15) is 13.2 Å². The second-order valence-corrected chi connectivity index (χ2v) is 6.41. The summed E-state index contributed by atoms with van der Waals surface area (Å²) in [6, 6.07) is 21.1. The van der Waals surface area contributed by atoms with Crippen LogP contribution in [-0.2, 0) is 11.0 Å². The monoisotopic (exact) mass is 401 g/mol. The van der Waals surface area contributed by atoms with Crippen LogP contribution in [0.25, 0.3) is 11.6 Å². The molecule has 0 radical (unpaired) electrons.